The Morgan fingerprint density at radius 3 is 2.08 bits per heavy atom. The third kappa shape index (κ3) is 4.22. The van der Waals surface area contributed by atoms with Gasteiger partial charge in [-0.3, -0.25) is 4.57 Å². The molecule has 0 unspecified atom stereocenters. The van der Waals surface area contributed by atoms with E-state index in [2.05, 4.69) is 9.75 Å². The second-order valence-corrected chi connectivity index (χ2v) is 9.15. The van der Waals surface area contributed by atoms with Gasteiger partial charge >= 0.3 is 0 Å². The molecule has 5 heteroatoms. The third-order valence-corrected chi connectivity index (χ3v) is 6.88. The summed E-state index contributed by atoms with van der Waals surface area (Å²) in [5.74, 6) is 0. The first-order valence-corrected chi connectivity index (χ1v) is 10.5. The maximum absolute atomic E-state index is 13.7. The maximum atomic E-state index is 13.7. The van der Waals surface area contributed by atoms with Crippen LogP contribution >= 0.6 is 18.6 Å². The van der Waals surface area contributed by atoms with E-state index in [1.807, 2.05) is 86.0 Å². The molecule has 0 aliphatic heterocycles. The van der Waals surface area contributed by atoms with E-state index in [1.165, 1.54) is 0 Å². The van der Waals surface area contributed by atoms with Crippen molar-refractivity contribution in [1.82, 2.24) is 4.98 Å². The average molecular weight is 366 g/mol. The fourth-order valence-corrected chi connectivity index (χ4v) is 5.06. The second kappa shape index (κ2) is 7.73. The monoisotopic (exact) mass is 366 g/mol. The van der Waals surface area contributed by atoms with Crippen molar-refractivity contribution in [3.8, 4) is 0 Å². The normalized spacial score (nSPS) is 12.6. The Labute approximate surface area is 152 Å². The molecule has 1 heterocycles. The van der Waals surface area contributed by atoms with Gasteiger partial charge in [-0.1, -0.05) is 36.4 Å². The number of benzene rings is 2. The molecule has 0 saturated heterocycles. The van der Waals surface area contributed by atoms with Crippen LogP contribution in [-0.2, 0) is 4.57 Å². The van der Waals surface area contributed by atoms with E-state index in [4.69, 9.17) is 0 Å². The number of hydrogen-bond donors (Lipinski definition) is 0. The molecule has 25 heavy (non-hydrogen) atoms. The van der Waals surface area contributed by atoms with Crippen molar-refractivity contribution < 1.29 is 4.57 Å². The molecule has 1 aromatic heterocycles. The topological polar surface area (TPSA) is 42.3 Å². The quantitative estimate of drug-likeness (QED) is 0.478. The molecule has 0 fully saturated rings. The van der Waals surface area contributed by atoms with Gasteiger partial charge in [-0.05, 0) is 49.8 Å². The molecule has 0 N–H and O–H groups in total. The number of aryl methyl sites for hydroxylation is 1. The van der Waals surface area contributed by atoms with Gasteiger partial charge in [0.25, 0.3) is 0 Å². The fourth-order valence-electron chi connectivity index (χ4n) is 2.43. The van der Waals surface area contributed by atoms with Crippen LogP contribution in [0, 0.1) is 6.92 Å². The number of nitrogens with zero attached hydrogens (tertiary/aromatic N) is 2. The maximum Gasteiger partial charge on any atom is 0.247 e. The molecule has 2 aromatic carbocycles. The van der Waals surface area contributed by atoms with Crippen LogP contribution in [0.2, 0.25) is 0 Å². The molecule has 0 aliphatic carbocycles. The minimum Gasteiger partial charge on any atom is -0.288 e. The smallest absolute Gasteiger partial charge is 0.247 e. The summed E-state index contributed by atoms with van der Waals surface area (Å²) in [5.41, 5.74) is 1.82. The zero-order valence-electron chi connectivity index (χ0n) is 14.2. The van der Waals surface area contributed by atoms with E-state index in [0.717, 1.165) is 26.9 Å². The predicted molar refractivity (Wildman–Crippen MR) is 109 cm³/mol. The average Bonchev–Trinajstić information content (AvgIpc) is 3.06. The van der Waals surface area contributed by atoms with Crippen molar-refractivity contribution in [3.05, 3.63) is 82.3 Å². The zero-order valence-corrected chi connectivity index (χ0v) is 15.9. The fraction of sp³-hybridized carbons (Fsp3) is 0.100. The number of hydrogen-bond acceptors (Lipinski definition) is 3. The first-order valence-electron chi connectivity index (χ1n) is 7.95. The number of thiazole rings is 1. The van der Waals surface area contributed by atoms with Crippen LogP contribution in [0.25, 0.3) is 6.08 Å². The van der Waals surface area contributed by atoms with Crippen molar-refractivity contribution in [2.75, 3.05) is 0 Å². The van der Waals surface area contributed by atoms with Crippen molar-refractivity contribution >= 4 is 41.5 Å². The summed E-state index contributed by atoms with van der Waals surface area (Å²) in [6.07, 6.45) is 3.64. The minimum atomic E-state index is -3.07. The highest BCUT2D eigenvalue weighted by Crippen LogP contribution is 2.44. The second-order valence-electron chi connectivity index (χ2n) is 5.67. The van der Waals surface area contributed by atoms with Crippen LogP contribution in [0.3, 0.4) is 0 Å². The van der Waals surface area contributed by atoms with E-state index in [1.54, 1.807) is 17.6 Å². The van der Waals surface area contributed by atoms with Crippen LogP contribution in [0.1, 0.15) is 17.6 Å². The summed E-state index contributed by atoms with van der Waals surface area (Å²) >= 11 is 1.61. The molecule has 0 amide bonds. The summed E-state index contributed by atoms with van der Waals surface area (Å²) < 4.78 is 18.3. The van der Waals surface area contributed by atoms with Crippen molar-refractivity contribution in [3.63, 3.8) is 0 Å². The van der Waals surface area contributed by atoms with Crippen molar-refractivity contribution in [2.45, 2.75) is 13.8 Å². The first-order chi connectivity index (χ1) is 12.1. The van der Waals surface area contributed by atoms with Crippen LogP contribution < -0.4 is 10.6 Å². The molecule has 0 spiro atoms. The number of aromatic nitrogens is 1. The van der Waals surface area contributed by atoms with E-state index in [0.29, 0.717) is 0 Å². The highest BCUT2D eigenvalue weighted by molar-refractivity contribution is 7.77. The Morgan fingerprint density at radius 2 is 1.60 bits per heavy atom. The van der Waals surface area contributed by atoms with E-state index < -0.39 is 7.29 Å². The van der Waals surface area contributed by atoms with Gasteiger partial charge < -0.3 is 0 Å². The largest absolute Gasteiger partial charge is 0.288 e. The van der Waals surface area contributed by atoms with Crippen molar-refractivity contribution in [2.24, 2.45) is 4.76 Å². The molecule has 0 saturated carbocycles. The summed E-state index contributed by atoms with van der Waals surface area (Å²) in [6, 6.07) is 18.9. The SMILES string of the molecule is CC(/C=N/P(=O)(c1ccccc1)c1ccccc1)=C\c1csc(C)n1. The summed E-state index contributed by atoms with van der Waals surface area (Å²) in [5, 5.41) is 4.49. The van der Waals surface area contributed by atoms with Gasteiger partial charge in [0.05, 0.1) is 10.7 Å². The predicted octanol–water partition coefficient (Wildman–Crippen LogP) is 4.85. The van der Waals surface area contributed by atoms with E-state index >= 15 is 0 Å². The van der Waals surface area contributed by atoms with Gasteiger partial charge in [0.15, 0.2) is 0 Å². The lowest BCUT2D eigenvalue weighted by Gasteiger charge is -2.14. The van der Waals surface area contributed by atoms with Crippen LogP contribution in [0.15, 0.2) is 76.4 Å². The Hall–Kier alpha value is -2.29. The third-order valence-electron chi connectivity index (χ3n) is 3.65. The minimum absolute atomic E-state index is 0.731. The molecule has 3 aromatic rings. The lowest BCUT2D eigenvalue weighted by atomic mass is 10.3. The van der Waals surface area contributed by atoms with E-state index in [9.17, 15) is 4.57 Å². The van der Waals surface area contributed by atoms with Gasteiger partial charge in [-0.25, -0.2) is 9.75 Å². The van der Waals surface area contributed by atoms with Gasteiger partial charge in [-0.2, -0.15) is 0 Å². The molecule has 0 aliphatic rings. The highest BCUT2D eigenvalue weighted by Gasteiger charge is 2.25. The van der Waals surface area contributed by atoms with Crippen LogP contribution in [-0.4, -0.2) is 11.2 Å². The molecule has 126 valence electrons. The summed E-state index contributed by atoms with van der Waals surface area (Å²) in [4.78, 5) is 4.42. The molecule has 3 rings (SSSR count). The molecule has 3 nitrogen and oxygen atoms in total. The molecule has 0 radical (unpaired) electrons. The molecular weight excluding hydrogens is 347 g/mol. The molecule has 0 bridgehead atoms. The lowest BCUT2D eigenvalue weighted by molar-refractivity contribution is 0.588. The first kappa shape index (κ1) is 17.5. The Bertz CT molecular complexity index is 903. The lowest BCUT2D eigenvalue weighted by Crippen LogP contribution is -2.14. The highest BCUT2D eigenvalue weighted by atomic mass is 32.1. The van der Waals surface area contributed by atoms with Gasteiger partial charge in [-0.15, -0.1) is 11.3 Å². The van der Waals surface area contributed by atoms with Crippen molar-refractivity contribution in [1.29, 1.82) is 0 Å². The Kier molecular flexibility index (Phi) is 5.42. The summed E-state index contributed by atoms with van der Waals surface area (Å²) in [6.45, 7) is 3.92. The van der Waals surface area contributed by atoms with Gasteiger partial charge in [0, 0.05) is 22.2 Å². The Morgan fingerprint density at radius 1 is 1.04 bits per heavy atom. The number of allylic oxidation sites excluding steroid dienone is 1. The number of rotatable bonds is 5. The summed E-state index contributed by atoms with van der Waals surface area (Å²) in [7, 11) is -3.07. The van der Waals surface area contributed by atoms with Crippen LogP contribution in [0.5, 0.6) is 0 Å². The molecule has 0 atom stereocenters. The standard InChI is InChI=1S/C20H19N2OPS/c1-16(13-18-15-25-17(2)22-18)14-21-24(23,19-9-5-3-6-10-19)20-11-7-4-8-12-20/h3-15H,1-2H3/b16-13+,21-14+. The molecular formula is C20H19N2OPS. The van der Waals surface area contributed by atoms with Crippen LogP contribution in [0.4, 0.5) is 0 Å². The Balaban J connectivity index is 1.99. The van der Waals surface area contributed by atoms with E-state index in [-0.39, 0.29) is 0 Å². The van der Waals surface area contributed by atoms with Gasteiger partial charge in [0.2, 0.25) is 7.29 Å². The zero-order chi connectivity index (χ0) is 17.7. The van der Waals surface area contributed by atoms with Gasteiger partial charge in [0.1, 0.15) is 0 Å².